The Morgan fingerprint density at radius 3 is 2.64 bits per heavy atom. The number of likely N-dealkylation sites (tertiary alicyclic amines) is 1. The molecule has 1 aliphatic heterocycles. The molecule has 2 amide bonds. The van der Waals surface area contributed by atoms with Gasteiger partial charge < -0.3 is 23.7 Å². The lowest BCUT2D eigenvalue weighted by Crippen LogP contribution is -2.43. The molecule has 1 aliphatic rings. The summed E-state index contributed by atoms with van der Waals surface area (Å²) in [6.45, 7) is 1.82. The van der Waals surface area contributed by atoms with Gasteiger partial charge in [-0.1, -0.05) is 12.1 Å². The summed E-state index contributed by atoms with van der Waals surface area (Å²) in [5.74, 6) is 0.468. The second-order valence-corrected chi connectivity index (χ2v) is 6.92. The third-order valence-electron chi connectivity index (χ3n) is 4.82. The van der Waals surface area contributed by atoms with Crippen molar-refractivity contribution < 1.29 is 23.5 Å². The van der Waals surface area contributed by atoms with Crippen LogP contribution < -0.4 is 4.74 Å². The summed E-state index contributed by atoms with van der Waals surface area (Å²) in [6.07, 6.45) is 4.64. The number of ether oxygens (including phenoxy) is 2. The van der Waals surface area contributed by atoms with Crippen molar-refractivity contribution in [3.05, 3.63) is 54.0 Å². The monoisotopic (exact) mass is 386 g/mol. The van der Waals surface area contributed by atoms with Gasteiger partial charge in [-0.15, -0.1) is 0 Å². The van der Waals surface area contributed by atoms with Crippen molar-refractivity contribution in [2.45, 2.75) is 25.5 Å². The smallest absolute Gasteiger partial charge is 0.257 e. The number of amides is 2. The first-order chi connectivity index (χ1) is 13.6. The Hall–Kier alpha value is -2.80. The maximum Gasteiger partial charge on any atom is 0.257 e. The van der Waals surface area contributed by atoms with Gasteiger partial charge >= 0.3 is 0 Å². The number of nitrogens with zero attached hydrogens (tertiary/aromatic N) is 2. The van der Waals surface area contributed by atoms with Crippen LogP contribution in [0.25, 0.3) is 0 Å². The van der Waals surface area contributed by atoms with Gasteiger partial charge in [-0.05, 0) is 18.2 Å². The standard InChI is InChI=1S/C21H26N2O5/c1-22(13-16-9-12-27-14-16)21(25)18-5-3-4-6-19(18)28-17-7-10-23(11-8-17)20(24)15-26-2/h3-6,9,12,14,17H,7-8,10-11,13,15H2,1-2H3. The minimum absolute atomic E-state index is 0.00241. The Balaban J connectivity index is 1.61. The molecule has 28 heavy (non-hydrogen) atoms. The van der Waals surface area contributed by atoms with E-state index in [9.17, 15) is 9.59 Å². The Bertz CT molecular complexity index is 782. The number of piperidine rings is 1. The highest BCUT2D eigenvalue weighted by Crippen LogP contribution is 2.25. The third-order valence-corrected chi connectivity index (χ3v) is 4.82. The predicted molar refractivity (Wildman–Crippen MR) is 103 cm³/mol. The van der Waals surface area contributed by atoms with Gasteiger partial charge in [0, 0.05) is 52.2 Å². The summed E-state index contributed by atoms with van der Waals surface area (Å²) in [5, 5.41) is 0. The summed E-state index contributed by atoms with van der Waals surface area (Å²) < 4.78 is 16.1. The molecule has 2 aromatic rings. The first-order valence-corrected chi connectivity index (χ1v) is 9.37. The van der Waals surface area contributed by atoms with Crippen molar-refractivity contribution in [2.75, 3.05) is 33.9 Å². The van der Waals surface area contributed by atoms with Crippen LogP contribution in [-0.4, -0.2) is 61.6 Å². The molecule has 0 atom stereocenters. The third kappa shape index (κ3) is 4.92. The van der Waals surface area contributed by atoms with Gasteiger partial charge in [0.15, 0.2) is 0 Å². The molecular formula is C21H26N2O5. The fraction of sp³-hybridized carbons (Fsp3) is 0.429. The van der Waals surface area contributed by atoms with E-state index in [1.807, 2.05) is 24.3 Å². The van der Waals surface area contributed by atoms with E-state index < -0.39 is 0 Å². The van der Waals surface area contributed by atoms with Crippen molar-refractivity contribution >= 4 is 11.8 Å². The lowest BCUT2D eigenvalue weighted by Gasteiger charge is -2.32. The Kier molecular flexibility index (Phi) is 6.71. The van der Waals surface area contributed by atoms with Gasteiger partial charge in [0.1, 0.15) is 18.5 Å². The molecule has 0 radical (unpaired) electrons. The van der Waals surface area contributed by atoms with Crippen LogP contribution in [0.3, 0.4) is 0 Å². The van der Waals surface area contributed by atoms with Gasteiger partial charge in [0.2, 0.25) is 5.91 Å². The highest BCUT2D eigenvalue weighted by atomic mass is 16.5. The van der Waals surface area contributed by atoms with Crippen LogP contribution in [0.2, 0.25) is 0 Å². The summed E-state index contributed by atoms with van der Waals surface area (Å²) in [4.78, 5) is 28.2. The summed E-state index contributed by atoms with van der Waals surface area (Å²) in [7, 11) is 3.28. The Morgan fingerprint density at radius 2 is 1.96 bits per heavy atom. The van der Waals surface area contributed by atoms with E-state index in [1.54, 1.807) is 35.4 Å². The quantitative estimate of drug-likeness (QED) is 0.731. The van der Waals surface area contributed by atoms with Crippen molar-refractivity contribution in [1.29, 1.82) is 0 Å². The topological polar surface area (TPSA) is 72.2 Å². The van der Waals surface area contributed by atoms with Crippen LogP contribution in [-0.2, 0) is 16.1 Å². The van der Waals surface area contributed by atoms with Gasteiger partial charge in [-0.2, -0.15) is 0 Å². The molecule has 0 spiro atoms. The van der Waals surface area contributed by atoms with E-state index in [4.69, 9.17) is 13.9 Å². The number of benzene rings is 1. The zero-order valence-corrected chi connectivity index (χ0v) is 16.3. The summed E-state index contributed by atoms with van der Waals surface area (Å²) >= 11 is 0. The highest BCUT2D eigenvalue weighted by molar-refractivity contribution is 5.96. The Morgan fingerprint density at radius 1 is 1.21 bits per heavy atom. The molecule has 150 valence electrons. The molecule has 1 aromatic carbocycles. The first-order valence-electron chi connectivity index (χ1n) is 9.37. The lowest BCUT2D eigenvalue weighted by molar-refractivity contribution is -0.136. The Labute approximate surface area is 164 Å². The molecule has 0 saturated carbocycles. The fourth-order valence-corrected chi connectivity index (χ4v) is 3.30. The van der Waals surface area contributed by atoms with Gasteiger partial charge in [-0.25, -0.2) is 0 Å². The molecule has 2 heterocycles. The van der Waals surface area contributed by atoms with Gasteiger partial charge in [0.25, 0.3) is 5.91 Å². The van der Waals surface area contributed by atoms with Crippen LogP contribution in [0.15, 0.2) is 47.3 Å². The average molecular weight is 386 g/mol. The SMILES string of the molecule is COCC(=O)N1CCC(Oc2ccccc2C(=O)N(C)Cc2ccoc2)CC1. The maximum atomic E-state index is 12.9. The minimum atomic E-state index is -0.107. The minimum Gasteiger partial charge on any atom is -0.489 e. The van der Waals surface area contributed by atoms with Crippen LogP contribution >= 0.6 is 0 Å². The molecule has 1 saturated heterocycles. The highest BCUT2D eigenvalue weighted by Gasteiger charge is 2.25. The number of methoxy groups -OCH3 is 1. The molecule has 1 fully saturated rings. The maximum absolute atomic E-state index is 12.9. The average Bonchev–Trinajstić information content (AvgIpc) is 3.21. The van der Waals surface area contributed by atoms with E-state index in [1.165, 1.54) is 7.11 Å². The largest absolute Gasteiger partial charge is 0.489 e. The zero-order chi connectivity index (χ0) is 19.9. The van der Waals surface area contributed by atoms with E-state index >= 15 is 0 Å². The van der Waals surface area contributed by atoms with E-state index in [0.717, 1.165) is 18.4 Å². The van der Waals surface area contributed by atoms with Crippen LogP contribution in [0.1, 0.15) is 28.8 Å². The number of hydrogen-bond donors (Lipinski definition) is 0. The van der Waals surface area contributed by atoms with Crippen LogP contribution in [0.5, 0.6) is 5.75 Å². The fourth-order valence-electron chi connectivity index (χ4n) is 3.30. The summed E-state index contributed by atoms with van der Waals surface area (Å²) in [5.41, 5.74) is 1.47. The number of para-hydroxylation sites is 1. The molecule has 0 aliphatic carbocycles. The second-order valence-electron chi connectivity index (χ2n) is 6.92. The van der Waals surface area contributed by atoms with Crippen molar-refractivity contribution in [3.8, 4) is 5.75 Å². The number of rotatable bonds is 7. The van der Waals surface area contributed by atoms with Crippen LogP contribution in [0.4, 0.5) is 0 Å². The predicted octanol–water partition coefficient (Wildman–Crippen LogP) is 2.57. The van der Waals surface area contributed by atoms with Gasteiger partial charge in [0.05, 0.1) is 18.1 Å². The number of hydrogen-bond acceptors (Lipinski definition) is 5. The summed E-state index contributed by atoms with van der Waals surface area (Å²) in [6, 6.07) is 9.13. The molecule has 0 unspecified atom stereocenters. The second kappa shape index (κ2) is 9.41. The normalized spacial score (nSPS) is 14.7. The molecule has 0 N–H and O–H groups in total. The van der Waals surface area contributed by atoms with Crippen LogP contribution in [0, 0.1) is 0 Å². The van der Waals surface area contributed by atoms with Gasteiger partial charge in [-0.3, -0.25) is 9.59 Å². The lowest BCUT2D eigenvalue weighted by atomic mass is 10.1. The van der Waals surface area contributed by atoms with E-state index in [-0.39, 0.29) is 24.5 Å². The van der Waals surface area contributed by atoms with Crippen molar-refractivity contribution in [3.63, 3.8) is 0 Å². The number of carbonyl (C=O) groups is 2. The molecule has 3 rings (SSSR count). The van der Waals surface area contributed by atoms with Crippen molar-refractivity contribution in [1.82, 2.24) is 9.80 Å². The van der Waals surface area contributed by atoms with E-state index in [0.29, 0.717) is 30.9 Å². The number of furan rings is 1. The van der Waals surface area contributed by atoms with E-state index in [2.05, 4.69) is 0 Å². The van der Waals surface area contributed by atoms with Crippen molar-refractivity contribution in [2.24, 2.45) is 0 Å². The molecule has 7 heteroatoms. The zero-order valence-electron chi connectivity index (χ0n) is 16.3. The molecule has 0 bridgehead atoms. The first kappa shape index (κ1) is 19.9. The molecule has 7 nitrogen and oxygen atoms in total. The number of carbonyl (C=O) groups excluding carboxylic acids is 2. The molecule has 1 aromatic heterocycles. The molecular weight excluding hydrogens is 360 g/mol.